The molecule has 0 aliphatic heterocycles. The molecular weight excluding hydrogens is 368 g/mol. The van der Waals surface area contributed by atoms with Gasteiger partial charge in [-0.3, -0.25) is 9.97 Å². The largest absolute Gasteiger partial charge is 0.463 e. The Morgan fingerprint density at radius 3 is 2.41 bits per heavy atom. The molecule has 2 heterocycles. The van der Waals surface area contributed by atoms with Gasteiger partial charge in [-0.15, -0.1) is 0 Å². The topological polar surface area (TPSA) is 78.4 Å². The number of ether oxygens (including phenoxy) is 2. The maximum absolute atomic E-state index is 12.8. The number of hydrogen-bond acceptors (Lipinski definition) is 6. The summed E-state index contributed by atoms with van der Waals surface area (Å²) in [5, 5.41) is 0. The fraction of sp³-hybridized carbons (Fsp3) is 0.217. The molecule has 0 aliphatic carbocycles. The number of esters is 2. The molecule has 0 radical (unpaired) electrons. The Morgan fingerprint density at radius 1 is 1.00 bits per heavy atom. The van der Waals surface area contributed by atoms with Crippen molar-refractivity contribution in [3.63, 3.8) is 0 Å². The molecule has 29 heavy (non-hydrogen) atoms. The molecule has 0 bridgehead atoms. The summed E-state index contributed by atoms with van der Waals surface area (Å²) in [6.07, 6.45) is 0.306. The van der Waals surface area contributed by atoms with Crippen molar-refractivity contribution in [3.8, 4) is 11.3 Å². The van der Waals surface area contributed by atoms with E-state index in [1.165, 1.54) is 0 Å². The van der Waals surface area contributed by atoms with Crippen LogP contribution in [-0.2, 0) is 14.3 Å². The Morgan fingerprint density at radius 2 is 1.76 bits per heavy atom. The van der Waals surface area contributed by atoms with Crippen molar-refractivity contribution < 1.29 is 19.1 Å². The number of carbonyl (C=O) groups is 2. The Balaban J connectivity index is 1.88. The molecule has 0 aliphatic rings. The van der Waals surface area contributed by atoms with Crippen molar-refractivity contribution >= 4 is 11.9 Å². The van der Waals surface area contributed by atoms with Gasteiger partial charge in [-0.25, -0.2) is 9.59 Å². The zero-order valence-corrected chi connectivity index (χ0v) is 16.6. The first-order valence-electron chi connectivity index (χ1n) is 9.33. The first kappa shape index (κ1) is 20.2. The maximum atomic E-state index is 12.8. The lowest BCUT2D eigenvalue weighted by Gasteiger charge is -2.18. The molecule has 0 fully saturated rings. The predicted octanol–water partition coefficient (Wildman–Crippen LogP) is 4.22. The van der Waals surface area contributed by atoms with Crippen LogP contribution in [0.3, 0.4) is 0 Å². The van der Waals surface area contributed by atoms with E-state index in [2.05, 4.69) is 9.97 Å². The molecule has 1 aromatic carbocycles. The van der Waals surface area contributed by atoms with Crippen LogP contribution in [0.1, 0.15) is 40.3 Å². The van der Waals surface area contributed by atoms with E-state index in [0.29, 0.717) is 11.4 Å². The van der Waals surface area contributed by atoms with E-state index < -0.39 is 18.0 Å². The zero-order valence-electron chi connectivity index (χ0n) is 16.6. The number of benzene rings is 1. The molecule has 0 saturated carbocycles. The highest BCUT2D eigenvalue weighted by molar-refractivity contribution is 5.93. The average Bonchev–Trinajstić information content (AvgIpc) is 2.73. The van der Waals surface area contributed by atoms with Crippen LogP contribution in [-0.4, -0.2) is 28.5 Å². The minimum absolute atomic E-state index is 0.172. The molecule has 1 unspecified atom stereocenters. The van der Waals surface area contributed by atoms with Gasteiger partial charge in [0.25, 0.3) is 0 Å². The minimum Gasteiger partial charge on any atom is -0.463 e. The molecule has 3 aromatic rings. The van der Waals surface area contributed by atoms with Crippen molar-refractivity contribution in [2.45, 2.75) is 26.9 Å². The van der Waals surface area contributed by atoms with E-state index in [1.54, 1.807) is 51.2 Å². The van der Waals surface area contributed by atoms with Gasteiger partial charge >= 0.3 is 11.9 Å². The van der Waals surface area contributed by atoms with Gasteiger partial charge in [0.05, 0.1) is 29.3 Å². The van der Waals surface area contributed by atoms with Gasteiger partial charge < -0.3 is 9.47 Å². The third-order valence-corrected chi connectivity index (χ3v) is 4.40. The number of aryl methyl sites for hydroxylation is 2. The van der Waals surface area contributed by atoms with E-state index in [1.807, 2.05) is 30.3 Å². The summed E-state index contributed by atoms with van der Waals surface area (Å²) in [4.78, 5) is 34.0. The molecule has 0 amide bonds. The number of pyridine rings is 2. The molecule has 6 nitrogen and oxygen atoms in total. The number of nitrogens with zero attached hydrogens (tertiary/aromatic N) is 2. The number of hydrogen-bond donors (Lipinski definition) is 0. The molecule has 0 saturated heterocycles. The van der Waals surface area contributed by atoms with Crippen molar-refractivity contribution in [1.82, 2.24) is 9.97 Å². The zero-order chi connectivity index (χ0) is 20.8. The van der Waals surface area contributed by atoms with Crippen LogP contribution in [0.4, 0.5) is 0 Å². The van der Waals surface area contributed by atoms with Crippen molar-refractivity contribution in [2.24, 2.45) is 0 Å². The van der Waals surface area contributed by atoms with E-state index in [0.717, 1.165) is 16.8 Å². The molecule has 0 spiro atoms. The van der Waals surface area contributed by atoms with E-state index in [9.17, 15) is 9.59 Å². The van der Waals surface area contributed by atoms with E-state index in [-0.39, 0.29) is 12.2 Å². The van der Waals surface area contributed by atoms with Gasteiger partial charge in [0.15, 0.2) is 0 Å². The summed E-state index contributed by atoms with van der Waals surface area (Å²) in [5.41, 5.74) is 3.58. The van der Waals surface area contributed by atoms with Crippen molar-refractivity contribution in [2.75, 3.05) is 6.61 Å². The third-order valence-electron chi connectivity index (χ3n) is 4.40. The first-order chi connectivity index (χ1) is 14.0. The van der Waals surface area contributed by atoms with Gasteiger partial charge in [0, 0.05) is 11.8 Å². The van der Waals surface area contributed by atoms with E-state index >= 15 is 0 Å². The van der Waals surface area contributed by atoms with Gasteiger partial charge in [-0.05, 0) is 44.5 Å². The third kappa shape index (κ3) is 4.66. The standard InChI is InChI=1S/C23H22N2O4/c1-4-28-23(27)21(20-15(2)9-8-14-24-20)29-22(26)18-12-13-19(25-16(18)3)17-10-6-5-7-11-17/h5-14,21H,4H2,1-3H3. The summed E-state index contributed by atoms with van der Waals surface area (Å²) in [7, 11) is 0. The lowest BCUT2D eigenvalue weighted by atomic mass is 10.1. The highest BCUT2D eigenvalue weighted by atomic mass is 16.6. The van der Waals surface area contributed by atoms with Gasteiger partial charge in [-0.1, -0.05) is 36.4 Å². The fourth-order valence-electron chi connectivity index (χ4n) is 2.92. The molecule has 3 rings (SSSR count). The quantitative estimate of drug-likeness (QED) is 0.587. The Bertz CT molecular complexity index is 1020. The Hall–Kier alpha value is -3.54. The summed E-state index contributed by atoms with van der Waals surface area (Å²) in [6.45, 7) is 5.39. The normalized spacial score (nSPS) is 11.6. The molecule has 1 atom stereocenters. The second kappa shape index (κ2) is 9.10. The monoisotopic (exact) mass is 390 g/mol. The number of rotatable bonds is 6. The smallest absolute Gasteiger partial charge is 0.353 e. The second-order valence-corrected chi connectivity index (χ2v) is 6.44. The van der Waals surface area contributed by atoms with Crippen LogP contribution < -0.4 is 0 Å². The molecule has 6 heteroatoms. The first-order valence-corrected chi connectivity index (χ1v) is 9.33. The van der Waals surface area contributed by atoms with Crippen LogP contribution in [0.15, 0.2) is 60.8 Å². The van der Waals surface area contributed by atoms with Crippen LogP contribution >= 0.6 is 0 Å². The summed E-state index contributed by atoms with van der Waals surface area (Å²) in [6, 6.07) is 16.6. The number of aromatic nitrogens is 2. The SMILES string of the molecule is CCOC(=O)C(OC(=O)c1ccc(-c2ccccc2)nc1C)c1ncccc1C. The minimum atomic E-state index is -1.24. The Labute approximate surface area is 169 Å². The number of carbonyl (C=O) groups excluding carboxylic acids is 2. The highest BCUT2D eigenvalue weighted by Gasteiger charge is 2.30. The average molecular weight is 390 g/mol. The lowest BCUT2D eigenvalue weighted by Crippen LogP contribution is -2.24. The van der Waals surface area contributed by atoms with E-state index in [4.69, 9.17) is 9.47 Å². The lowest BCUT2D eigenvalue weighted by molar-refractivity contribution is -0.154. The second-order valence-electron chi connectivity index (χ2n) is 6.44. The van der Waals surface area contributed by atoms with Crippen LogP contribution in [0.5, 0.6) is 0 Å². The van der Waals surface area contributed by atoms with Crippen molar-refractivity contribution in [1.29, 1.82) is 0 Å². The van der Waals surface area contributed by atoms with Gasteiger partial charge in [0.1, 0.15) is 0 Å². The van der Waals surface area contributed by atoms with Gasteiger partial charge in [0.2, 0.25) is 6.10 Å². The van der Waals surface area contributed by atoms with Crippen molar-refractivity contribution in [3.05, 3.63) is 83.3 Å². The molecular formula is C23H22N2O4. The highest BCUT2D eigenvalue weighted by Crippen LogP contribution is 2.24. The predicted molar refractivity (Wildman–Crippen MR) is 108 cm³/mol. The summed E-state index contributed by atoms with van der Waals surface area (Å²) < 4.78 is 10.6. The maximum Gasteiger partial charge on any atom is 0.353 e. The Kier molecular flexibility index (Phi) is 6.34. The fourth-order valence-corrected chi connectivity index (χ4v) is 2.92. The molecule has 148 valence electrons. The van der Waals surface area contributed by atoms with Crippen LogP contribution in [0.2, 0.25) is 0 Å². The van der Waals surface area contributed by atoms with Crippen LogP contribution in [0, 0.1) is 13.8 Å². The summed E-state index contributed by atoms with van der Waals surface area (Å²) >= 11 is 0. The molecule has 2 aromatic heterocycles. The summed E-state index contributed by atoms with van der Waals surface area (Å²) in [5.74, 6) is -1.31. The van der Waals surface area contributed by atoms with Crippen LogP contribution in [0.25, 0.3) is 11.3 Å². The van der Waals surface area contributed by atoms with Gasteiger partial charge in [-0.2, -0.15) is 0 Å². The molecule has 0 N–H and O–H groups in total.